The second-order valence-electron chi connectivity index (χ2n) is 3.62. The normalized spacial score (nSPS) is 20.9. The maximum Gasteiger partial charge on any atom is 0.159 e. The third-order valence-corrected chi connectivity index (χ3v) is 2.39. The predicted octanol–water partition coefficient (Wildman–Crippen LogP) is 0.674. The van der Waals surface area contributed by atoms with Crippen molar-refractivity contribution in [3.63, 3.8) is 0 Å². The molecule has 88 valence electrons. The molecule has 2 rings (SSSR count). The summed E-state index contributed by atoms with van der Waals surface area (Å²) in [4.78, 5) is 8.68. The van der Waals surface area contributed by atoms with Crippen LogP contribution < -0.4 is 5.32 Å². The summed E-state index contributed by atoms with van der Waals surface area (Å²) in [7, 11) is 0. The van der Waals surface area contributed by atoms with E-state index in [0.717, 1.165) is 24.6 Å². The van der Waals surface area contributed by atoms with E-state index < -0.39 is 0 Å². The molecule has 1 aliphatic heterocycles. The highest BCUT2D eigenvalue weighted by Gasteiger charge is 2.19. The van der Waals surface area contributed by atoms with E-state index in [2.05, 4.69) is 22.2 Å². The lowest BCUT2D eigenvalue weighted by Gasteiger charge is -2.21. The first-order valence-corrected chi connectivity index (χ1v) is 5.62. The average Bonchev–Trinajstić information content (AvgIpc) is 2.38. The lowest BCUT2D eigenvalue weighted by Crippen LogP contribution is -2.24. The molecule has 0 saturated carbocycles. The second-order valence-corrected chi connectivity index (χ2v) is 3.62. The summed E-state index contributed by atoms with van der Waals surface area (Å²) in [6.45, 7) is 5.59. The van der Waals surface area contributed by atoms with Crippen LogP contribution in [-0.2, 0) is 16.0 Å². The molecule has 1 fully saturated rings. The Morgan fingerprint density at radius 1 is 1.50 bits per heavy atom. The number of rotatable bonds is 4. The van der Waals surface area contributed by atoms with Gasteiger partial charge in [-0.25, -0.2) is 9.97 Å². The van der Waals surface area contributed by atoms with Crippen LogP contribution in [0.1, 0.15) is 24.5 Å². The van der Waals surface area contributed by atoms with Crippen LogP contribution in [0, 0.1) is 0 Å². The van der Waals surface area contributed by atoms with Gasteiger partial charge in [-0.2, -0.15) is 0 Å². The first kappa shape index (κ1) is 11.4. The van der Waals surface area contributed by atoms with Crippen molar-refractivity contribution in [2.75, 3.05) is 26.4 Å². The highest BCUT2D eigenvalue weighted by Crippen LogP contribution is 2.16. The van der Waals surface area contributed by atoms with Gasteiger partial charge in [-0.1, -0.05) is 6.92 Å². The monoisotopic (exact) mass is 223 g/mol. The van der Waals surface area contributed by atoms with Crippen molar-refractivity contribution in [3.05, 3.63) is 23.8 Å². The van der Waals surface area contributed by atoms with Gasteiger partial charge in [0.2, 0.25) is 0 Å². The van der Waals surface area contributed by atoms with Gasteiger partial charge in [0, 0.05) is 12.7 Å². The molecule has 1 aromatic heterocycles. The topological polar surface area (TPSA) is 56.3 Å². The Balaban J connectivity index is 2.02. The Morgan fingerprint density at radius 3 is 3.19 bits per heavy atom. The SMILES string of the molecule is CCNCc1ccnc(C2COCCO2)n1. The van der Waals surface area contributed by atoms with Gasteiger partial charge in [-0.05, 0) is 12.6 Å². The number of aromatic nitrogens is 2. The molecule has 0 aromatic carbocycles. The predicted molar refractivity (Wildman–Crippen MR) is 58.9 cm³/mol. The Morgan fingerprint density at radius 2 is 2.44 bits per heavy atom. The van der Waals surface area contributed by atoms with Crippen molar-refractivity contribution in [2.45, 2.75) is 19.6 Å². The highest BCUT2D eigenvalue weighted by atomic mass is 16.6. The quantitative estimate of drug-likeness (QED) is 0.813. The molecule has 1 atom stereocenters. The van der Waals surface area contributed by atoms with E-state index in [0.29, 0.717) is 19.8 Å². The molecular weight excluding hydrogens is 206 g/mol. The molecule has 1 unspecified atom stereocenters. The zero-order valence-corrected chi connectivity index (χ0v) is 9.48. The molecule has 1 saturated heterocycles. The van der Waals surface area contributed by atoms with E-state index in [1.54, 1.807) is 6.20 Å². The van der Waals surface area contributed by atoms with Gasteiger partial charge in [-0.3, -0.25) is 0 Å². The molecule has 1 aromatic rings. The first-order chi connectivity index (χ1) is 7.90. The number of ether oxygens (including phenoxy) is 2. The third kappa shape index (κ3) is 2.98. The number of hydrogen-bond donors (Lipinski definition) is 1. The number of nitrogens with one attached hydrogen (secondary N) is 1. The van der Waals surface area contributed by atoms with Gasteiger partial charge in [0.1, 0.15) is 6.10 Å². The van der Waals surface area contributed by atoms with Crippen molar-refractivity contribution in [1.82, 2.24) is 15.3 Å². The van der Waals surface area contributed by atoms with Crippen LogP contribution >= 0.6 is 0 Å². The maximum absolute atomic E-state index is 5.55. The van der Waals surface area contributed by atoms with Gasteiger partial charge in [0.05, 0.1) is 25.5 Å². The lowest BCUT2D eigenvalue weighted by atomic mass is 10.3. The molecule has 0 amide bonds. The Hall–Kier alpha value is -1.04. The van der Waals surface area contributed by atoms with E-state index in [1.165, 1.54) is 0 Å². The third-order valence-electron chi connectivity index (χ3n) is 2.39. The zero-order chi connectivity index (χ0) is 11.2. The van der Waals surface area contributed by atoms with Gasteiger partial charge in [0.25, 0.3) is 0 Å². The van der Waals surface area contributed by atoms with E-state index in [4.69, 9.17) is 9.47 Å². The molecule has 5 heteroatoms. The summed E-state index contributed by atoms with van der Waals surface area (Å²) in [6, 6.07) is 1.91. The zero-order valence-electron chi connectivity index (χ0n) is 9.48. The van der Waals surface area contributed by atoms with Crippen LogP contribution in [0.15, 0.2) is 12.3 Å². The summed E-state index contributed by atoms with van der Waals surface area (Å²) >= 11 is 0. The van der Waals surface area contributed by atoms with Crippen LogP contribution in [0.3, 0.4) is 0 Å². The Kier molecular flexibility index (Phi) is 4.21. The molecule has 2 heterocycles. The second kappa shape index (κ2) is 5.89. The molecule has 0 bridgehead atoms. The number of hydrogen-bond acceptors (Lipinski definition) is 5. The van der Waals surface area contributed by atoms with Crippen molar-refractivity contribution >= 4 is 0 Å². The molecule has 0 spiro atoms. The largest absolute Gasteiger partial charge is 0.376 e. The van der Waals surface area contributed by atoms with Crippen molar-refractivity contribution < 1.29 is 9.47 Å². The molecule has 5 nitrogen and oxygen atoms in total. The maximum atomic E-state index is 5.55. The van der Waals surface area contributed by atoms with Crippen LogP contribution in [0.5, 0.6) is 0 Å². The Labute approximate surface area is 95.2 Å². The minimum absolute atomic E-state index is 0.115. The van der Waals surface area contributed by atoms with E-state index >= 15 is 0 Å². The van der Waals surface area contributed by atoms with Crippen LogP contribution in [0.2, 0.25) is 0 Å². The minimum atomic E-state index is -0.115. The minimum Gasteiger partial charge on any atom is -0.376 e. The van der Waals surface area contributed by atoms with Crippen molar-refractivity contribution in [3.8, 4) is 0 Å². The summed E-state index contributed by atoms with van der Waals surface area (Å²) in [5, 5.41) is 3.23. The first-order valence-electron chi connectivity index (χ1n) is 5.62. The van der Waals surface area contributed by atoms with Crippen LogP contribution in [-0.4, -0.2) is 36.3 Å². The molecule has 16 heavy (non-hydrogen) atoms. The van der Waals surface area contributed by atoms with Crippen molar-refractivity contribution in [1.29, 1.82) is 0 Å². The van der Waals surface area contributed by atoms with Gasteiger partial charge >= 0.3 is 0 Å². The van der Waals surface area contributed by atoms with E-state index in [-0.39, 0.29) is 6.10 Å². The van der Waals surface area contributed by atoms with Crippen LogP contribution in [0.25, 0.3) is 0 Å². The van der Waals surface area contributed by atoms with Crippen LogP contribution in [0.4, 0.5) is 0 Å². The summed E-state index contributed by atoms with van der Waals surface area (Å²) in [5.74, 6) is 0.718. The fraction of sp³-hybridized carbons (Fsp3) is 0.636. The van der Waals surface area contributed by atoms with Crippen molar-refractivity contribution in [2.24, 2.45) is 0 Å². The molecule has 0 aliphatic carbocycles. The lowest BCUT2D eigenvalue weighted by molar-refractivity contribution is -0.0936. The number of nitrogens with zero attached hydrogens (tertiary/aromatic N) is 2. The smallest absolute Gasteiger partial charge is 0.159 e. The fourth-order valence-corrected chi connectivity index (χ4v) is 1.56. The van der Waals surface area contributed by atoms with Gasteiger partial charge < -0.3 is 14.8 Å². The molecule has 0 radical (unpaired) electrons. The Bertz CT molecular complexity index is 327. The summed E-state index contributed by atoms with van der Waals surface area (Å²) in [5.41, 5.74) is 0.987. The summed E-state index contributed by atoms with van der Waals surface area (Å²) < 4.78 is 10.9. The summed E-state index contributed by atoms with van der Waals surface area (Å²) in [6.07, 6.45) is 1.66. The van der Waals surface area contributed by atoms with Gasteiger partial charge in [0.15, 0.2) is 5.82 Å². The standard InChI is InChI=1S/C11H17N3O2/c1-2-12-7-9-3-4-13-11(14-9)10-8-15-5-6-16-10/h3-4,10,12H,2,5-8H2,1H3. The molecule has 1 N–H and O–H groups in total. The van der Waals surface area contributed by atoms with E-state index in [1.807, 2.05) is 6.07 Å². The molecule has 1 aliphatic rings. The van der Waals surface area contributed by atoms with Gasteiger partial charge in [-0.15, -0.1) is 0 Å². The average molecular weight is 223 g/mol. The van der Waals surface area contributed by atoms with E-state index in [9.17, 15) is 0 Å². The fourth-order valence-electron chi connectivity index (χ4n) is 1.56. The highest BCUT2D eigenvalue weighted by molar-refractivity contribution is 5.04. The molecular formula is C11H17N3O2.